The summed E-state index contributed by atoms with van der Waals surface area (Å²) in [5.41, 5.74) is 1.19. The summed E-state index contributed by atoms with van der Waals surface area (Å²) >= 11 is 0. The van der Waals surface area contributed by atoms with Gasteiger partial charge in [0.05, 0.1) is 6.10 Å². The molecule has 17 heavy (non-hydrogen) atoms. The molecule has 0 saturated heterocycles. The molecule has 0 fully saturated rings. The third-order valence-corrected chi connectivity index (χ3v) is 8.03. The molecule has 1 nitrogen and oxygen atoms in total. The molecule has 1 atom stereocenters. The molecule has 94 valence electrons. The Bertz CT molecular complexity index is 362. The summed E-state index contributed by atoms with van der Waals surface area (Å²) in [6.07, 6.45) is 1.91. The minimum atomic E-state index is -1.74. The highest BCUT2D eigenvalue weighted by molar-refractivity contribution is 6.74. The van der Waals surface area contributed by atoms with E-state index in [2.05, 4.69) is 52.6 Å². The fraction of sp³-hybridized carbons (Fsp3) is 0.467. The highest BCUT2D eigenvalue weighted by atomic mass is 28.4. The Kier molecular flexibility index (Phi) is 4.34. The molecule has 2 heteroatoms. The van der Waals surface area contributed by atoms with Crippen LogP contribution in [0.4, 0.5) is 0 Å². The molecule has 0 aromatic heterocycles. The van der Waals surface area contributed by atoms with Gasteiger partial charge in [-0.15, -0.1) is 6.58 Å². The van der Waals surface area contributed by atoms with E-state index in [1.807, 2.05) is 24.3 Å². The van der Waals surface area contributed by atoms with Crippen molar-refractivity contribution in [2.24, 2.45) is 0 Å². The Morgan fingerprint density at radius 1 is 1.18 bits per heavy atom. The fourth-order valence-corrected chi connectivity index (χ4v) is 2.61. The summed E-state index contributed by atoms with van der Waals surface area (Å²) in [6.45, 7) is 15.2. The Morgan fingerprint density at radius 2 is 1.71 bits per heavy atom. The van der Waals surface area contributed by atoms with Crippen molar-refractivity contribution in [1.82, 2.24) is 0 Å². The van der Waals surface area contributed by atoms with Crippen molar-refractivity contribution in [3.63, 3.8) is 0 Å². The van der Waals surface area contributed by atoms with Crippen LogP contribution in [0.15, 0.2) is 43.0 Å². The second-order valence-electron chi connectivity index (χ2n) is 5.95. The van der Waals surface area contributed by atoms with E-state index in [1.54, 1.807) is 0 Å². The second-order valence-corrected chi connectivity index (χ2v) is 10.7. The van der Waals surface area contributed by atoms with Crippen molar-refractivity contribution in [2.75, 3.05) is 0 Å². The largest absolute Gasteiger partial charge is 0.407 e. The van der Waals surface area contributed by atoms with Gasteiger partial charge >= 0.3 is 0 Å². The average molecular weight is 248 g/mol. The van der Waals surface area contributed by atoms with Crippen LogP contribution in [0.25, 0.3) is 0 Å². The molecule has 0 bridgehead atoms. The molecule has 0 radical (unpaired) electrons. The predicted molar refractivity (Wildman–Crippen MR) is 77.7 cm³/mol. The van der Waals surface area contributed by atoms with Crippen molar-refractivity contribution in [3.8, 4) is 0 Å². The summed E-state index contributed by atoms with van der Waals surface area (Å²) in [5.74, 6) is 0. The van der Waals surface area contributed by atoms with E-state index in [4.69, 9.17) is 4.43 Å². The Hall–Kier alpha value is -0.863. The van der Waals surface area contributed by atoms with Crippen LogP contribution in [0.1, 0.15) is 32.4 Å². The average Bonchev–Trinajstić information content (AvgIpc) is 2.25. The molecule has 0 amide bonds. The van der Waals surface area contributed by atoms with Crippen LogP contribution in [0.2, 0.25) is 18.1 Å². The second kappa shape index (κ2) is 5.19. The van der Waals surface area contributed by atoms with Crippen LogP contribution in [0.5, 0.6) is 0 Å². The van der Waals surface area contributed by atoms with Crippen molar-refractivity contribution in [2.45, 2.75) is 45.0 Å². The topological polar surface area (TPSA) is 9.23 Å². The minimum absolute atomic E-state index is 0.0112. The Balaban J connectivity index is 2.89. The third kappa shape index (κ3) is 3.55. The molecule has 1 unspecified atom stereocenters. The van der Waals surface area contributed by atoms with Gasteiger partial charge in [-0.1, -0.05) is 57.2 Å². The Labute approximate surface area is 107 Å². The highest BCUT2D eigenvalue weighted by Gasteiger charge is 2.38. The lowest BCUT2D eigenvalue weighted by molar-refractivity contribution is 0.230. The zero-order valence-corrected chi connectivity index (χ0v) is 12.7. The van der Waals surface area contributed by atoms with Gasteiger partial charge in [0.25, 0.3) is 0 Å². The molecule has 0 saturated carbocycles. The van der Waals surface area contributed by atoms with Gasteiger partial charge in [-0.3, -0.25) is 0 Å². The third-order valence-electron chi connectivity index (χ3n) is 3.57. The molecule has 0 aliphatic carbocycles. The van der Waals surface area contributed by atoms with Crippen molar-refractivity contribution in [3.05, 3.63) is 48.6 Å². The van der Waals surface area contributed by atoms with E-state index in [0.29, 0.717) is 0 Å². The van der Waals surface area contributed by atoms with E-state index >= 15 is 0 Å². The summed E-state index contributed by atoms with van der Waals surface area (Å²) < 4.78 is 6.36. The predicted octanol–water partition coefficient (Wildman–Crippen LogP) is 4.94. The van der Waals surface area contributed by atoms with Crippen molar-refractivity contribution < 1.29 is 4.43 Å². The first-order chi connectivity index (χ1) is 7.78. The minimum Gasteiger partial charge on any atom is -0.407 e. The van der Waals surface area contributed by atoms with Crippen molar-refractivity contribution in [1.29, 1.82) is 0 Å². The van der Waals surface area contributed by atoms with Crippen LogP contribution in [0, 0.1) is 0 Å². The van der Waals surface area contributed by atoms with E-state index in [0.717, 1.165) is 0 Å². The van der Waals surface area contributed by atoms with Gasteiger partial charge in [0, 0.05) is 0 Å². The monoisotopic (exact) mass is 248 g/mol. The molecule has 0 N–H and O–H groups in total. The van der Waals surface area contributed by atoms with Gasteiger partial charge in [0.2, 0.25) is 0 Å². The van der Waals surface area contributed by atoms with Gasteiger partial charge in [0.15, 0.2) is 8.32 Å². The van der Waals surface area contributed by atoms with Gasteiger partial charge in [-0.05, 0) is 23.7 Å². The number of benzene rings is 1. The number of hydrogen-bond acceptors (Lipinski definition) is 1. The summed E-state index contributed by atoms with van der Waals surface area (Å²) in [5, 5.41) is 0.225. The quantitative estimate of drug-likeness (QED) is 0.542. The van der Waals surface area contributed by atoms with Crippen LogP contribution in [0.3, 0.4) is 0 Å². The molecule has 0 heterocycles. The zero-order chi connectivity index (χ0) is 13.1. The number of rotatable bonds is 4. The Morgan fingerprint density at radius 3 is 2.12 bits per heavy atom. The molecule has 1 aromatic carbocycles. The summed E-state index contributed by atoms with van der Waals surface area (Å²) in [4.78, 5) is 0. The van der Waals surface area contributed by atoms with Gasteiger partial charge in [-0.25, -0.2) is 0 Å². The van der Waals surface area contributed by atoms with Gasteiger partial charge in [-0.2, -0.15) is 0 Å². The fourth-order valence-electron chi connectivity index (χ4n) is 1.39. The molecule has 0 aliphatic heterocycles. The normalized spacial score (nSPS) is 14.4. The molecule has 0 aliphatic rings. The SMILES string of the molecule is C=CC(O[Si](C)(C)C(C)(C)C)c1ccccc1. The first-order valence-electron chi connectivity index (χ1n) is 6.13. The lowest BCUT2D eigenvalue weighted by Crippen LogP contribution is -2.41. The maximum absolute atomic E-state index is 6.36. The maximum atomic E-state index is 6.36. The van der Waals surface area contributed by atoms with Crippen molar-refractivity contribution >= 4 is 8.32 Å². The first kappa shape index (κ1) is 14.2. The molecular formula is C15H24OSi. The van der Waals surface area contributed by atoms with Gasteiger partial charge in [0.1, 0.15) is 0 Å². The zero-order valence-electron chi connectivity index (χ0n) is 11.7. The first-order valence-corrected chi connectivity index (χ1v) is 9.04. The van der Waals surface area contributed by atoms with Crippen LogP contribution >= 0.6 is 0 Å². The van der Waals surface area contributed by atoms with Crippen LogP contribution in [-0.2, 0) is 4.43 Å². The van der Waals surface area contributed by atoms with Crippen LogP contribution in [-0.4, -0.2) is 8.32 Å². The van der Waals surface area contributed by atoms with E-state index < -0.39 is 8.32 Å². The van der Waals surface area contributed by atoms with E-state index in [9.17, 15) is 0 Å². The van der Waals surface area contributed by atoms with E-state index in [1.165, 1.54) is 5.56 Å². The number of hydrogen-bond donors (Lipinski definition) is 0. The summed E-state index contributed by atoms with van der Waals surface area (Å²) in [7, 11) is -1.74. The van der Waals surface area contributed by atoms with Crippen LogP contribution < -0.4 is 0 Å². The molecule has 1 aromatic rings. The lowest BCUT2D eigenvalue weighted by atomic mass is 10.1. The lowest BCUT2D eigenvalue weighted by Gasteiger charge is -2.38. The van der Waals surface area contributed by atoms with Gasteiger partial charge < -0.3 is 4.43 Å². The van der Waals surface area contributed by atoms with E-state index in [-0.39, 0.29) is 11.1 Å². The molecule has 1 rings (SSSR count). The smallest absolute Gasteiger partial charge is 0.193 e. The highest BCUT2D eigenvalue weighted by Crippen LogP contribution is 2.39. The molecule has 0 spiro atoms. The standard InChI is InChI=1S/C15H24OSi/c1-7-14(13-11-9-8-10-12-13)16-17(5,6)15(2,3)4/h7-12,14H,1H2,2-6H3. The molecular weight excluding hydrogens is 224 g/mol. The summed E-state index contributed by atoms with van der Waals surface area (Å²) in [6, 6.07) is 10.3. The maximum Gasteiger partial charge on any atom is 0.193 e.